The van der Waals surface area contributed by atoms with E-state index in [1.54, 1.807) is 12.1 Å². The second-order valence-corrected chi connectivity index (χ2v) is 8.68. The topological polar surface area (TPSA) is 85.4 Å². The smallest absolute Gasteiger partial charge is 0.273 e. The molecule has 7 nitrogen and oxygen atoms in total. The Morgan fingerprint density at radius 1 is 1.19 bits per heavy atom. The summed E-state index contributed by atoms with van der Waals surface area (Å²) in [6, 6.07) is 5.22. The third-order valence-electron chi connectivity index (χ3n) is 6.13. The molecule has 2 N–H and O–H groups in total. The van der Waals surface area contributed by atoms with E-state index in [9.17, 15) is 13.6 Å². The van der Waals surface area contributed by atoms with E-state index in [1.807, 2.05) is 0 Å². The van der Waals surface area contributed by atoms with Gasteiger partial charge in [0.25, 0.3) is 5.91 Å². The molecule has 1 unspecified atom stereocenters. The van der Waals surface area contributed by atoms with Crippen molar-refractivity contribution in [3.8, 4) is 5.75 Å². The molecule has 9 heteroatoms. The number of nitrogens with one attached hydrogen (secondary N) is 2. The van der Waals surface area contributed by atoms with Crippen molar-refractivity contribution in [1.82, 2.24) is 15.3 Å². The number of pyridine rings is 2. The Kier molecular flexibility index (Phi) is 5.79. The predicted molar refractivity (Wildman–Crippen MR) is 110 cm³/mol. The normalized spacial score (nSPS) is 21.9. The lowest BCUT2D eigenvalue weighted by Gasteiger charge is -2.51. The van der Waals surface area contributed by atoms with Crippen molar-refractivity contribution >= 4 is 17.4 Å². The third kappa shape index (κ3) is 4.76. The summed E-state index contributed by atoms with van der Waals surface area (Å²) in [6.45, 7) is 3.37. The van der Waals surface area contributed by atoms with Crippen LogP contribution in [0.25, 0.3) is 0 Å². The SMILES string of the molecule is COc1ccc(Nc2cc(F)nc(F)c2)nc1C(=O)NCC1(C)CCOC2(CCC2)C1. The zero-order valence-corrected chi connectivity index (χ0v) is 17.6. The minimum atomic E-state index is -0.956. The zero-order chi connectivity index (χ0) is 22.1. The number of nitrogens with zero attached hydrogens (tertiary/aromatic N) is 2. The number of anilines is 2. The molecule has 0 bridgehead atoms. The average molecular weight is 432 g/mol. The number of rotatable bonds is 6. The minimum Gasteiger partial charge on any atom is -0.494 e. The minimum absolute atomic E-state index is 0.0212. The van der Waals surface area contributed by atoms with Crippen LogP contribution in [0.2, 0.25) is 0 Å². The van der Waals surface area contributed by atoms with Gasteiger partial charge in [0.15, 0.2) is 5.69 Å². The van der Waals surface area contributed by atoms with Crippen molar-refractivity contribution in [3.05, 3.63) is 41.9 Å². The molecular weight excluding hydrogens is 406 g/mol. The molecule has 1 aliphatic heterocycles. The van der Waals surface area contributed by atoms with Crippen LogP contribution in [0.5, 0.6) is 5.75 Å². The second-order valence-electron chi connectivity index (χ2n) is 8.68. The Balaban J connectivity index is 1.47. The highest BCUT2D eigenvalue weighted by atomic mass is 19.1. The number of ether oxygens (including phenoxy) is 2. The third-order valence-corrected chi connectivity index (χ3v) is 6.13. The lowest BCUT2D eigenvalue weighted by Crippen LogP contribution is -2.52. The molecule has 31 heavy (non-hydrogen) atoms. The van der Waals surface area contributed by atoms with Crippen molar-refractivity contribution in [2.45, 2.75) is 44.6 Å². The van der Waals surface area contributed by atoms with E-state index in [0.29, 0.717) is 18.9 Å². The Morgan fingerprint density at radius 2 is 1.94 bits per heavy atom. The predicted octanol–water partition coefficient (Wildman–Crippen LogP) is 3.98. The maximum atomic E-state index is 13.4. The average Bonchev–Trinajstić information content (AvgIpc) is 2.70. The van der Waals surface area contributed by atoms with E-state index in [1.165, 1.54) is 13.5 Å². The first-order chi connectivity index (χ1) is 14.8. The van der Waals surface area contributed by atoms with Crippen LogP contribution in [-0.2, 0) is 4.74 Å². The van der Waals surface area contributed by atoms with E-state index < -0.39 is 11.9 Å². The van der Waals surface area contributed by atoms with E-state index >= 15 is 0 Å². The van der Waals surface area contributed by atoms with Gasteiger partial charge in [-0.1, -0.05) is 6.92 Å². The van der Waals surface area contributed by atoms with Gasteiger partial charge in [0, 0.05) is 31.0 Å². The van der Waals surface area contributed by atoms with Gasteiger partial charge < -0.3 is 20.1 Å². The standard InChI is InChI=1S/C22H26F2N4O3/c1-21(8-9-31-22(12-21)6-3-7-22)13-25-20(29)19-15(30-2)4-5-18(28-19)26-14-10-16(23)27-17(24)11-14/h4-5,10-11H,3,6-9,12-13H2,1-2H3,(H,25,29)(H,26,27,28). The lowest BCUT2D eigenvalue weighted by atomic mass is 9.66. The summed E-state index contributed by atoms with van der Waals surface area (Å²) in [5, 5.41) is 5.77. The fourth-order valence-corrected chi connectivity index (χ4v) is 4.38. The summed E-state index contributed by atoms with van der Waals surface area (Å²) < 4.78 is 38.0. The van der Waals surface area contributed by atoms with Crippen molar-refractivity contribution in [3.63, 3.8) is 0 Å². The summed E-state index contributed by atoms with van der Waals surface area (Å²) in [6.07, 6.45) is 5.15. The molecule has 166 valence electrons. The first-order valence-electron chi connectivity index (χ1n) is 10.4. The van der Waals surface area contributed by atoms with Gasteiger partial charge in [-0.25, -0.2) is 4.98 Å². The van der Waals surface area contributed by atoms with Crippen LogP contribution in [0, 0.1) is 17.3 Å². The maximum Gasteiger partial charge on any atom is 0.273 e. The number of halogens is 2. The summed E-state index contributed by atoms with van der Waals surface area (Å²) in [5.41, 5.74) is 0.155. The highest BCUT2D eigenvalue weighted by Crippen LogP contribution is 2.48. The molecular formula is C22H26F2N4O3. The Labute approximate surface area is 179 Å². The van der Waals surface area contributed by atoms with Crippen LogP contribution in [0.4, 0.5) is 20.3 Å². The molecule has 2 aromatic heterocycles. The van der Waals surface area contributed by atoms with Gasteiger partial charge in [0.05, 0.1) is 12.7 Å². The monoisotopic (exact) mass is 432 g/mol. The van der Waals surface area contributed by atoms with Crippen LogP contribution in [0.1, 0.15) is 49.5 Å². The number of carbonyl (C=O) groups is 1. The number of carbonyl (C=O) groups excluding carboxylic acids is 1. The fourth-order valence-electron chi connectivity index (χ4n) is 4.38. The van der Waals surface area contributed by atoms with E-state index in [4.69, 9.17) is 9.47 Å². The molecule has 1 saturated heterocycles. The molecule has 1 aliphatic carbocycles. The van der Waals surface area contributed by atoms with E-state index in [2.05, 4.69) is 27.5 Å². The number of methoxy groups -OCH3 is 1. The number of hydrogen-bond donors (Lipinski definition) is 2. The van der Waals surface area contributed by atoms with Crippen molar-refractivity contribution in [2.24, 2.45) is 5.41 Å². The molecule has 1 amide bonds. The Bertz CT molecular complexity index is 963. The summed E-state index contributed by atoms with van der Waals surface area (Å²) in [5.74, 6) is -1.72. The van der Waals surface area contributed by atoms with Gasteiger partial charge in [-0.2, -0.15) is 13.8 Å². The molecule has 1 saturated carbocycles. The fraction of sp³-hybridized carbons (Fsp3) is 0.500. The maximum absolute atomic E-state index is 13.4. The van der Waals surface area contributed by atoms with Crippen LogP contribution in [-0.4, -0.2) is 41.7 Å². The molecule has 1 atom stereocenters. The van der Waals surface area contributed by atoms with Gasteiger partial charge in [-0.15, -0.1) is 0 Å². The first kappa shape index (κ1) is 21.4. The molecule has 4 rings (SSSR count). The quantitative estimate of drug-likeness (QED) is 0.672. The van der Waals surface area contributed by atoms with Crippen molar-refractivity contribution < 1.29 is 23.0 Å². The highest BCUT2D eigenvalue weighted by molar-refractivity contribution is 5.95. The summed E-state index contributed by atoms with van der Waals surface area (Å²) in [4.78, 5) is 20.3. The molecule has 2 fully saturated rings. The number of hydrogen-bond acceptors (Lipinski definition) is 6. The largest absolute Gasteiger partial charge is 0.494 e. The molecule has 3 heterocycles. The molecule has 2 aromatic rings. The van der Waals surface area contributed by atoms with Gasteiger partial charge in [-0.05, 0) is 49.7 Å². The van der Waals surface area contributed by atoms with E-state index in [-0.39, 0.29) is 34.1 Å². The summed E-state index contributed by atoms with van der Waals surface area (Å²) >= 11 is 0. The summed E-state index contributed by atoms with van der Waals surface area (Å²) in [7, 11) is 1.45. The van der Waals surface area contributed by atoms with E-state index in [0.717, 1.165) is 37.8 Å². The molecule has 1 spiro atoms. The van der Waals surface area contributed by atoms with Gasteiger partial charge in [-0.3, -0.25) is 4.79 Å². The number of amides is 1. The first-order valence-corrected chi connectivity index (χ1v) is 10.4. The van der Waals surface area contributed by atoms with Gasteiger partial charge in [0.2, 0.25) is 11.9 Å². The van der Waals surface area contributed by atoms with Crippen LogP contribution < -0.4 is 15.4 Å². The van der Waals surface area contributed by atoms with Gasteiger partial charge in [0.1, 0.15) is 11.6 Å². The molecule has 0 radical (unpaired) electrons. The van der Waals surface area contributed by atoms with Gasteiger partial charge >= 0.3 is 0 Å². The molecule has 2 aliphatic rings. The Hall–Kier alpha value is -2.81. The second kappa shape index (κ2) is 8.37. The lowest BCUT2D eigenvalue weighted by molar-refractivity contribution is -0.162. The van der Waals surface area contributed by atoms with Crippen molar-refractivity contribution in [2.75, 3.05) is 25.6 Å². The van der Waals surface area contributed by atoms with Crippen molar-refractivity contribution in [1.29, 1.82) is 0 Å². The van der Waals surface area contributed by atoms with Crippen LogP contribution >= 0.6 is 0 Å². The zero-order valence-electron chi connectivity index (χ0n) is 17.6. The van der Waals surface area contributed by atoms with Crippen LogP contribution in [0.3, 0.4) is 0 Å². The Morgan fingerprint density at radius 3 is 2.58 bits per heavy atom. The highest BCUT2D eigenvalue weighted by Gasteiger charge is 2.47. The van der Waals surface area contributed by atoms with Crippen LogP contribution in [0.15, 0.2) is 24.3 Å². The molecule has 0 aromatic carbocycles. The number of aromatic nitrogens is 2.